The summed E-state index contributed by atoms with van der Waals surface area (Å²) in [4.78, 5) is 25.8. The van der Waals surface area contributed by atoms with E-state index in [1.165, 1.54) is 22.7 Å². The van der Waals surface area contributed by atoms with Gasteiger partial charge < -0.3 is 10.1 Å². The second-order valence-electron chi connectivity index (χ2n) is 6.88. The van der Waals surface area contributed by atoms with Crippen LogP contribution in [0.15, 0.2) is 59.7 Å². The Bertz CT molecular complexity index is 1380. The summed E-state index contributed by atoms with van der Waals surface area (Å²) in [6.07, 6.45) is 0. The third-order valence-electron chi connectivity index (χ3n) is 4.73. The van der Waals surface area contributed by atoms with Crippen molar-refractivity contribution in [2.24, 2.45) is 5.10 Å². The zero-order valence-electron chi connectivity index (χ0n) is 17.4. The summed E-state index contributed by atoms with van der Waals surface area (Å²) < 4.78 is 6.64. The number of hydrogen-bond acceptors (Lipinski definition) is 6. The molecule has 2 amide bonds. The van der Waals surface area contributed by atoms with Crippen molar-refractivity contribution in [3.63, 3.8) is 0 Å². The van der Waals surface area contributed by atoms with Crippen LogP contribution in [-0.4, -0.2) is 24.6 Å². The molecule has 4 aromatic rings. The topological polar surface area (TPSA) is 79.8 Å². The predicted molar refractivity (Wildman–Crippen MR) is 137 cm³/mol. The van der Waals surface area contributed by atoms with Gasteiger partial charge in [-0.1, -0.05) is 35.3 Å². The Balaban J connectivity index is 1.43. The molecule has 0 saturated carbocycles. The molecule has 0 fully saturated rings. The Labute approximate surface area is 207 Å². The third kappa shape index (κ3) is 5.20. The molecule has 0 bridgehead atoms. The first kappa shape index (κ1) is 23.3. The number of benzene rings is 2. The highest BCUT2D eigenvalue weighted by molar-refractivity contribution is 7.21. The molecule has 2 aromatic heterocycles. The summed E-state index contributed by atoms with van der Waals surface area (Å²) in [6, 6.07) is 16.0. The van der Waals surface area contributed by atoms with E-state index in [1.807, 2.05) is 12.1 Å². The number of nitrogens with zero attached hydrogens (tertiary/aromatic N) is 1. The fourth-order valence-corrected chi connectivity index (χ4v) is 5.37. The van der Waals surface area contributed by atoms with Gasteiger partial charge in [0.2, 0.25) is 0 Å². The van der Waals surface area contributed by atoms with Crippen molar-refractivity contribution in [3.05, 3.63) is 79.3 Å². The van der Waals surface area contributed by atoms with Crippen LogP contribution in [0.4, 0.5) is 5.69 Å². The predicted octanol–water partition coefficient (Wildman–Crippen LogP) is 6.68. The van der Waals surface area contributed by atoms with E-state index < -0.39 is 5.91 Å². The molecule has 0 aliphatic heterocycles. The number of carbonyl (C=O) groups is 2. The molecule has 0 aliphatic carbocycles. The Morgan fingerprint density at radius 3 is 2.39 bits per heavy atom. The fraction of sp³-hybridized carbons (Fsp3) is 0.0870. The molecule has 4 rings (SSSR count). The first-order chi connectivity index (χ1) is 15.9. The highest BCUT2D eigenvalue weighted by Gasteiger charge is 2.17. The molecule has 2 aromatic carbocycles. The van der Waals surface area contributed by atoms with Gasteiger partial charge in [0.05, 0.1) is 27.1 Å². The Kier molecular flexibility index (Phi) is 6.99. The lowest BCUT2D eigenvalue weighted by molar-refractivity contribution is 0.0958. The van der Waals surface area contributed by atoms with Gasteiger partial charge >= 0.3 is 0 Å². The van der Waals surface area contributed by atoms with Gasteiger partial charge in [0.1, 0.15) is 10.6 Å². The van der Waals surface area contributed by atoms with Crippen molar-refractivity contribution in [1.82, 2.24) is 5.43 Å². The molecule has 0 unspecified atom stereocenters. The maximum absolute atomic E-state index is 12.7. The second-order valence-corrected chi connectivity index (χ2v) is 10.0. The van der Waals surface area contributed by atoms with Crippen LogP contribution < -0.4 is 15.5 Å². The van der Waals surface area contributed by atoms with E-state index in [0.29, 0.717) is 36.3 Å². The van der Waals surface area contributed by atoms with Gasteiger partial charge in [-0.3, -0.25) is 9.59 Å². The van der Waals surface area contributed by atoms with Gasteiger partial charge in [-0.15, -0.1) is 22.7 Å². The minimum absolute atomic E-state index is 0.227. The normalized spacial score (nSPS) is 11.5. The molecule has 33 heavy (non-hydrogen) atoms. The van der Waals surface area contributed by atoms with Crippen LogP contribution in [0.1, 0.15) is 31.8 Å². The Morgan fingerprint density at radius 2 is 1.73 bits per heavy atom. The number of rotatable bonds is 6. The van der Waals surface area contributed by atoms with Crippen LogP contribution in [0.25, 0.3) is 10.1 Å². The Morgan fingerprint density at radius 1 is 0.970 bits per heavy atom. The van der Waals surface area contributed by atoms with Crippen molar-refractivity contribution in [2.45, 2.75) is 6.92 Å². The number of halogens is 2. The molecule has 0 radical (unpaired) electrons. The number of methoxy groups -OCH3 is 1. The second kappa shape index (κ2) is 9.93. The zero-order chi connectivity index (χ0) is 23.5. The largest absolute Gasteiger partial charge is 0.497 e. The van der Waals surface area contributed by atoms with Gasteiger partial charge in [0, 0.05) is 15.8 Å². The van der Waals surface area contributed by atoms with E-state index in [1.54, 1.807) is 56.5 Å². The standard InChI is InChI=1S/C23H17Cl2N3O3S2/c1-12(13-3-5-14(6-4-13)26-22(29)17-9-10-19(24)32-17)27-28-23(30)21-20(25)16-8-7-15(31-2)11-18(16)33-21/h3-11H,1-2H3,(H,26,29)(H,28,30). The van der Waals surface area contributed by atoms with Crippen LogP contribution in [0, 0.1) is 0 Å². The van der Waals surface area contributed by atoms with Gasteiger partial charge in [-0.25, -0.2) is 5.43 Å². The van der Waals surface area contributed by atoms with Crippen LogP contribution in [0.3, 0.4) is 0 Å². The molecule has 2 N–H and O–H groups in total. The minimum Gasteiger partial charge on any atom is -0.497 e. The van der Waals surface area contributed by atoms with Crippen LogP contribution in [-0.2, 0) is 0 Å². The number of hydrogen-bond donors (Lipinski definition) is 2. The molecule has 0 aliphatic rings. The van der Waals surface area contributed by atoms with E-state index >= 15 is 0 Å². The third-order valence-corrected chi connectivity index (χ3v) is 7.61. The molecule has 0 saturated heterocycles. The first-order valence-corrected chi connectivity index (χ1v) is 12.0. The van der Waals surface area contributed by atoms with E-state index in [2.05, 4.69) is 15.8 Å². The van der Waals surface area contributed by atoms with E-state index in [0.717, 1.165) is 15.6 Å². The highest BCUT2D eigenvalue weighted by Crippen LogP contribution is 2.37. The summed E-state index contributed by atoms with van der Waals surface area (Å²) >= 11 is 14.8. The Hall–Kier alpha value is -2.91. The SMILES string of the molecule is COc1ccc2c(Cl)c(C(=O)NN=C(C)c3ccc(NC(=O)c4ccc(Cl)s4)cc3)sc2c1. The zero-order valence-corrected chi connectivity index (χ0v) is 20.6. The smallest absolute Gasteiger partial charge is 0.283 e. The van der Waals surface area contributed by atoms with Crippen molar-refractivity contribution in [2.75, 3.05) is 12.4 Å². The summed E-state index contributed by atoms with van der Waals surface area (Å²) in [6.45, 7) is 1.78. The lowest BCUT2D eigenvalue weighted by Crippen LogP contribution is -2.18. The van der Waals surface area contributed by atoms with Crippen molar-refractivity contribution in [3.8, 4) is 5.75 Å². The number of ether oxygens (including phenoxy) is 1. The minimum atomic E-state index is -0.391. The number of amides is 2. The van der Waals surface area contributed by atoms with E-state index in [-0.39, 0.29) is 5.91 Å². The number of carbonyl (C=O) groups excluding carboxylic acids is 2. The number of thiophene rings is 2. The molecule has 0 spiro atoms. The fourth-order valence-electron chi connectivity index (χ4n) is 2.99. The van der Waals surface area contributed by atoms with E-state index in [4.69, 9.17) is 27.9 Å². The van der Waals surface area contributed by atoms with Gasteiger partial charge in [0.25, 0.3) is 11.8 Å². The number of hydrazone groups is 1. The van der Waals surface area contributed by atoms with Crippen molar-refractivity contribution in [1.29, 1.82) is 0 Å². The molecule has 2 heterocycles. The lowest BCUT2D eigenvalue weighted by Gasteiger charge is -2.06. The van der Waals surface area contributed by atoms with Crippen molar-refractivity contribution >= 4 is 79.2 Å². The highest BCUT2D eigenvalue weighted by atomic mass is 35.5. The summed E-state index contributed by atoms with van der Waals surface area (Å²) in [5.74, 6) is 0.0770. The van der Waals surface area contributed by atoms with Crippen LogP contribution in [0.2, 0.25) is 9.36 Å². The maximum Gasteiger partial charge on any atom is 0.283 e. The molecular weight excluding hydrogens is 501 g/mol. The average Bonchev–Trinajstić information content (AvgIpc) is 3.40. The van der Waals surface area contributed by atoms with Crippen molar-refractivity contribution < 1.29 is 14.3 Å². The molecular formula is C23H17Cl2N3O3S2. The summed E-state index contributed by atoms with van der Waals surface area (Å²) in [5, 5.41) is 8.19. The average molecular weight is 518 g/mol. The van der Waals surface area contributed by atoms with Gasteiger partial charge in [-0.2, -0.15) is 5.10 Å². The maximum atomic E-state index is 12.7. The number of nitrogens with one attached hydrogen (secondary N) is 2. The van der Waals surface area contributed by atoms with Gasteiger partial charge in [0.15, 0.2) is 0 Å². The molecule has 10 heteroatoms. The first-order valence-electron chi connectivity index (χ1n) is 9.63. The monoisotopic (exact) mass is 517 g/mol. The molecule has 6 nitrogen and oxygen atoms in total. The summed E-state index contributed by atoms with van der Waals surface area (Å²) in [5.41, 5.74) is 4.59. The summed E-state index contributed by atoms with van der Waals surface area (Å²) in [7, 11) is 1.59. The van der Waals surface area contributed by atoms with Crippen LogP contribution in [0.5, 0.6) is 5.75 Å². The lowest BCUT2D eigenvalue weighted by atomic mass is 10.1. The van der Waals surface area contributed by atoms with Crippen LogP contribution >= 0.6 is 45.9 Å². The van der Waals surface area contributed by atoms with E-state index in [9.17, 15) is 9.59 Å². The molecule has 168 valence electrons. The number of anilines is 1. The van der Waals surface area contributed by atoms with Gasteiger partial charge in [-0.05, 0) is 55.0 Å². The number of fused-ring (bicyclic) bond motifs is 1. The molecule has 0 atom stereocenters. The quantitative estimate of drug-likeness (QED) is 0.221.